The molecule has 4 rings (SSSR count). The number of carbonyl (C=O) groups is 6. The van der Waals surface area contributed by atoms with E-state index in [1.807, 2.05) is 4.90 Å². The topological polar surface area (TPSA) is 217 Å². The van der Waals surface area contributed by atoms with Gasteiger partial charge >= 0.3 is 11.9 Å². The minimum atomic E-state index is -2.75. The van der Waals surface area contributed by atoms with Gasteiger partial charge in [0.2, 0.25) is 5.91 Å². The molecule has 15 heteroatoms. The Balaban J connectivity index is 1.75. The highest BCUT2D eigenvalue weighted by molar-refractivity contribution is 6.25. The zero-order valence-corrected chi connectivity index (χ0v) is 28.9. The number of phenols is 1. The lowest BCUT2D eigenvalue weighted by atomic mass is 9.52. The minimum absolute atomic E-state index is 0.0127. The number of aliphatic hydroxyl groups excluding tert-OH is 1. The molecular weight excluding hydrogens is 640 g/mol. The third-order valence-electron chi connectivity index (χ3n) is 10.4. The normalized spacial score (nSPS) is 27.8. The Labute approximate surface area is 285 Å². The van der Waals surface area contributed by atoms with Crippen molar-refractivity contribution in [1.82, 2.24) is 9.80 Å². The van der Waals surface area contributed by atoms with Crippen molar-refractivity contribution in [2.45, 2.75) is 62.8 Å². The average molecular weight is 689 g/mol. The number of ether oxygens (including phenoxy) is 2. The van der Waals surface area contributed by atoms with Crippen molar-refractivity contribution in [2.75, 3.05) is 60.4 Å². The molecule has 0 spiro atoms. The molecule has 0 heterocycles. The lowest BCUT2D eigenvalue weighted by Crippen LogP contribution is -2.75. The molecule has 15 nitrogen and oxygen atoms in total. The SMILES string of the molecule is COC(=O)CCCN(CCCC(=O)OC)Cc1cc(N(C)C)c2c(c1O)C(=O)C1C(=O)[C@@]3(O)C(=O)C(C(N)=O)C(O)[C@H](N(C)C)[C@H]3C[C@H]1C2. The van der Waals surface area contributed by atoms with Gasteiger partial charge in [0.15, 0.2) is 23.0 Å². The number of primary amides is 1. The summed E-state index contributed by atoms with van der Waals surface area (Å²) in [6, 6.07) is 0.777. The number of rotatable bonds is 13. The maximum absolute atomic E-state index is 14.4. The van der Waals surface area contributed by atoms with Crippen LogP contribution in [0.5, 0.6) is 5.75 Å². The number of carbonyl (C=O) groups excluding carboxylic acids is 6. The number of esters is 2. The molecule has 3 unspecified atom stereocenters. The van der Waals surface area contributed by atoms with Gasteiger partial charge in [0.1, 0.15) is 11.7 Å². The molecule has 2 fully saturated rings. The number of ketones is 3. The summed E-state index contributed by atoms with van der Waals surface area (Å²) in [7, 11) is 9.35. The van der Waals surface area contributed by atoms with E-state index in [9.17, 15) is 44.1 Å². The maximum Gasteiger partial charge on any atom is 0.305 e. The number of benzene rings is 1. The van der Waals surface area contributed by atoms with Crippen LogP contribution in [0.2, 0.25) is 0 Å². The number of amides is 1. The summed E-state index contributed by atoms with van der Waals surface area (Å²) < 4.78 is 9.49. The number of fused-ring (bicyclic) bond motifs is 3. The molecule has 5 N–H and O–H groups in total. The molecule has 0 saturated heterocycles. The molecule has 0 aromatic heterocycles. The van der Waals surface area contributed by atoms with Crippen molar-refractivity contribution in [3.8, 4) is 5.75 Å². The Kier molecular flexibility index (Phi) is 11.5. The summed E-state index contributed by atoms with van der Waals surface area (Å²) in [4.78, 5) is 83.4. The van der Waals surface area contributed by atoms with Gasteiger partial charge in [-0.1, -0.05) is 0 Å². The van der Waals surface area contributed by atoms with E-state index in [4.69, 9.17) is 15.2 Å². The summed E-state index contributed by atoms with van der Waals surface area (Å²) in [5.41, 5.74) is 4.14. The lowest BCUT2D eigenvalue weighted by Gasteiger charge is -2.55. The van der Waals surface area contributed by atoms with Gasteiger partial charge in [-0.2, -0.15) is 0 Å². The number of nitrogens with zero attached hydrogens (tertiary/aromatic N) is 3. The summed E-state index contributed by atoms with van der Waals surface area (Å²) in [5, 5.41) is 34.7. The van der Waals surface area contributed by atoms with Gasteiger partial charge in [0, 0.05) is 56.7 Å². The standard InChI is InChI=1S/C34H48N4O11/c1-36(2)21-15-18(16-38(11-7-9-22(39)48-5)12-8-10-23(40)49-6)28(41)25-19(21)13-17-14-20-27(37(3)4)30(43)26(33(35)46)32(45)34(20,47)31(44)24(17)29(25)42/h15,17,20,24,26-27,30,41,43,47H,7-14,16H2,1-6H3,(H2,35,46)/t17-,20-,24?,26?,27-,30?,34-/m1/s1. The molecule has 2 saturated carbocycles. The summed E-state index contributed by atoms with van der Waals surface area (Å²) in [5.74, 6) is -10.5. The van der Waals surface area contributed by atoms with Crippen molar-refractivity contribution in [3.05, 3.63) is 22.8 Å². The molecule has 1 aromatic rings. The van der Waals surface area contributed by atoms with E-state index in [-0.39, 0.29) is 55.5 Å². The van der Waals surface area contributed by atoms with Crippen LogP contribution >= 0.6 is 0 Å². The Bertz CT molecular complexity index is 1490. The Morgan fingerprint density at radius 1 is 0.980 bits per heavy atom. The zero-order valence-electron chi connectivity index (χ0n) is 28.9. The maximum atomic E-state index is 14.4. The predicted octanol–water partition coefficient (Wildman–Crippen LogP) is -0.567. The van der Waals surface area contributed by atoms with Crippen LogP contribution in [-0.4, -0.2) is 134 Å². The quantitative estimate of drug-likeness (QED) is 0.151. The van der Waals surface area contributed by atoms with Crippen molar-refractivity contribution in [1.29, 1.82) is 0 Å². The fraction of sp³-hybridized carbons (Fsp3) is 0.647. The van der Waals surface area contributed by atoms with E-state index < -0.39 is 64.7 Å². The van der Waals surface area contributed by atoms with Crippen LogP contribution in [0, 0.1) is 23.7 Å². The smallest absolute Gasteiger partial charge is 0.305 e. The third kappa shape index (κ3) is 6.94. The first-order valence-electron chi connectivity index (χ1n) is 16.4. The fourth-order valence-electron chi connectivity index (χ4n) is 8.05. The molecule has 1 aromatic carbocycles. The molecule has 270 valence electrons. The molecule has 0 aliphatic heterocycles. The number of nitrogens with two attached hydrogens (primary N) is 1. The van der Waals surface area contributed by atoms with Crippen LogP contribution in [-0.2, 0) is 46.4 Å². The number of anilines is 1. The van der Waals surface area contributed by atoms with Crippen LogP contribution in [0.25, 0.3) is 0 Å². The second kappa shape index (κ2) is 14.9. The third-order valence-corrected chi connectivity index (χ3v) is 10.4. The molecule has 7 atom stereocenters. The molecule has 3 aliphatic carbocycles. The number of likely N-dealkylation sites (N-methyl/N-ethyl adjacent to an activating group) is 1. The van der Waals surface area contributed by atoms with Crippen molar-refractivity contribution < 1.29 is 53.6 Å². The van der Waals surface area contributed by atoms with Crippen molar-refractivity contribution >= 4 is 40.9 Å². The largest absolute Gasteiger partial charge is 0.507 e. The highest BCUT2D eigenvalue weighted by Gasteiger charge is 2.69. The number of aliphatic hydroxyl groups is 2. The van der Waals surface area contributed by atoms with E-state index in [1.54, 1.807) is 44.1 Å². The van der Waals surface area contributed by atoms with E-state index in [2.05, 4.69) is 0 Å². The molecule has 0 bridgehead atoms. The van der Waals surface area contributed by atoms with Crippen LogP contribution in [0.15, 0.2) is 6.07 Å². The second-order valence-corrected chi connectivity index (χ2v) is 13.8. The first-order valence-corrected chi connectivity index (χ1v) is 16.4. The van der Waals surface area contributed by atoms with Crippen molar-refractivity contribution in [2.24, 2.45) is 29.4 Å². The average Bonchev–Trinajstić information content (AvgIpc) is 3.02. The highest BCUT2D eigenvalue weighted by atomic mass is 16.5. The van der Waals surface area contributed by atoms with Crippen LogP contribution < -0.4 is 10.6 Å². The van der Waals surface area contributed by atoms with Gasteiger partial charge in [-0.3, -0.25) is 33.7 Å². The Morgan fingerprint density at radius 2 is 1.55 bits per heavy atom. The van der Waals surface area contributed by atoms with Gasteiger partial charge in [-0.05, 0) is 70.4 Å². The molecule has 3 aliphatic rings. The molecule has 0 radical (unpaired) electrons. The number of aromatic hydroxyl groups is 1. The highest BCUT2D eigenvalue weighted by Crippen LogP contribution is 2.52. The first-order chi connectivity index (χ1) is 23.0. The molecule has 49 heavy (non-hydrogen) atoms. The zero-order chi connectivity index (χ0) is 36.5. The van der Waals surface area contributed by atoms with E-state index in [1.165, 1.54) is 14.2 Å². The number of hydrogen-bond donors (Lipinski definition) is 4. The summed E-state index contributed by atoms with van der Waals surface area (Å²) in [6.07, 6.45) is -0.243. The van der Waals surface area contributed by atoms with Gasteiger partial charge in [0.25, 0.3) is 0 Å². The summed E-state index contributed by atoms with van der Waals surface area (Å²) in [6.45, 7) is 0.931. The van der Waals surface area contributed by atoms with Gasteiger partial charge in [0.05, 0.1) is 31.8 Å². The molecular formula is C34H48N4O11. The monoisotopic (exact) mass is 688 g/mol. The van der Waals surface area contributed by atoms with E-state index in [0.29, 0.717) is 42.7 Å². The number of methoxy groups -OCH3 is 2. The van der Waals surface area contributed by atoms with Gasteiger partial charge in [-0.15, -0.1) is 0 Å². The van der Waals surface area contributed by atoms with Gasteiger partial charge < -0.3 is 40.3 Å². The van der Waals surface area contributed by atoms with Crippen molar-refractivity contribution in [3.63, 3.8) is 0 Å². The number of hydrogen-bond acceptors (Lipinski definition) is 14. The van der Waals surface area contributed by atoms with Crippen LogP contribution in [0.4, 0.5) is 5.69 Å². The summed E-state index contributed by atoms with van der Waals surface area (Å²) >= 11 is 0. The fourth-order valence-corrected chi connectivity index (χ4v) is 8.05. The first kappa shape index (κ1) is 37.9. The Hall–Kier alpha value is -3.92. The Morgan fingerprint density at radius 3 is 2.04 bits per heavy atom. The predicted molar refractivity (Wildman–Crippen MR) is 174 cm³/mol. The van der Waals surface area contributed by atoms with Crippen LogP contribution in [0.1, 0.15) is 53.6 Å². The second-order valence-electron chi connectivity index (χ2n) is 13.8. The van der Waals surface area contributed by atoms with Gasteiger partial charge in [-0.25, -0.2) is 0 Å². The number of Topliss-reactive ketones (excluding diaryl/α,β-unsaturated/α-hetero) is 3. The molecule has 1 amide bonds. The van der Waals surface area contributed by atoms with Crippen LogP contribution in [0.3, 0.4) is 0 Å². The lowest BCUT2D eigenvalue weighted by molar-refractivity contribution is -0.190. The van der Waals surface area contributed by atoms with E-state index >= 15 is 0 Å². The minimum Gasteiger partial charge on any atom is -0.507 e. The number of phenolic OH excluding ortho intramolecular Hbond substituents is 1. The van der Waals surface area contributed by atoms with E-state index in [0.717, 1.165) is 0 Å².